The fourth-order valence-corrected chi connectivity index (χ4v) is 4.01. The molecule has 2 aliphatic rings. The number of hydrogen-bond acceptors (Lipinski definition) is 5. The molecule has 31 heavy (non-hydrogen) atoms. The molecule has 2 heterocycles. The molecule has 0 bridgehead atoms. The van der Waals surface area contributed by atoms with Crippen LogP contribution < -0.4 is 14.2 Å². The third kappa shape index (κ3) is 3.90. The highest BCUT2D eigenvalue weighted by Gasteiger charge is 2.30. The number of rotatable bonds is 4. The topological polar surface area (TPSA) is 54.0 Å². The van der Waals surface area contributed by atoms with E-state index in [9.17, 15) is 4.79 Å². The van der Waals surface area contributed by atoms with Gasteiger partial charge in [0.15, 0.2) is 12.6 Å². The summed E-state index contributed by atoms with van der Waals surface area (Å²) in [6.07, 6.45) is 1.67. The minimum absolute atomic E-state index is 0.154. The molecular weight excluding hydrogens is 416 g/mol. The number of carbonyl (C=O) groups excluding carboxylic acids is 1. The fourth-order valence-electron chi connectivity index (χ4n) is 3.76. The molecule has 156 valence electrons. The molecule has 0 aliphatic carbocycles. The van der Waals surface area contributed by atoms with E-state index < -0.39 is 0 Å². The van der Waals surface area contributed by atoms with Crippen LogP contribution in [0, 0.1) is 6.92 Å². The van der Waals surface area contributed by atoms with E-state index in [2.05, 4.69) is 0 Å². The maximum absolute atomic E-state index is 13.0. The van der Waals surface area contributed by atoms with Gasteiger partial charge >= 0.3 is 0 Å². The van der Waals surface area contributed by atoms with Gasteiger partial charge in [-0.2, -0.15) is 0 Å². The fraction of sp³-hybridized carbons (Fsp3) is 0.160. The highest BCUT2D eigenvalue weighted by Crippen LogP contribution is 2.39. The van der Waals surface area contributed by atoms with Crippen LogP contribution in [0.4, 0.5) is 0 Å². The zero-order chi connectivity index (χ0) is 21.4. The quantitative estimate of drug-likeness (QED) is 0.492. The van der Waals surface area contributed by atoms with Crippen molar-refractivity contribution < 1.29 is 23.7 Å². The van der Waals surface area contributed by atoms with Gasteiger partial charge in [0.05, 0.1) is 12.2 Å². The summed E-state index contributed by atoms with van der Waals surface area (Å²) >= 11 is 6.24. The number of allylic oxidation sites excluding steroid dienone is 1. The molecule has 3 aromatic carbocycles. The van der Waals surface area contributed by atoms with Gasteiger partial charge in [-0.1, -0.05) is 41.9 Å². The molecule has 6 heteroatoms. The van der Waals surface area contributed by atoms with Gasteiger partial charge in [0.2, 0.25) is 5.78 Å². The molecule has 0 aromatic heterocycles. The standard InChI is InChI=1S/C25H19ClO5/c1-15-7-20(29-12-16-5-3-2-4-6-16)11-21-23(15)24(27)22(31-21)10-17-8-19(26)9-18-13-28-14-30-25(17)18/h2-11H,12-14H2,1H3/b22-10-. The number of hydrogen-bond donors (Lipinski definition) is 0. The molecule has 0 fully saturated rings. The first-order valence-corrected chi connectivity index (χ1v) is 10.2. The Morgan fingerprint density at radius 3 is 2.81 bits per heavy atom. The molecule has 5 rings (SSSR count). The lowest BCUT2D eigenvalue weighted by Crippen LogP contribution is -2.12. The van der Waals surface area contributed by atoms with Gasteiger partial charge in [-0.05, 0) is 42.3 Å². The van der Waals surface area contributed by atoms with E-state index in [1.54, 1.807) is 24.3 Å². The molecule has 0 amide bonds. The van der Waals surface area contributed by atoms with E-state index in [1.807, 2.05) is 43.3 Å². The Hall–Kier alpha value is -3.28. The summed E-state index contributed by atoms with van der Waals surface area (Å²) in [4.78, 5) is 13.0. The van der Waals surface area contributed by atoms with Gasteiger partial charge in [-0.25, -0.2) is 0 Å². The van der Waals surface area contributed by atoms with Crippen molar-refractivity contribution in [3.63, 3.8) is 0 Å². The average Bonchev–Trinajstić information content (AvgIpc) is 3.08. The van der Waals surface area contributed by atoms with Gasteiger partial charge < -0.3 is 18.9 Å². The number of aryl methyl sites for hydroxylation is 1. The molecule has 2 aliphatic heterocycles. The van der Waals surface area contributed by atoms with E-state index in [0.29, 0.717) is 46.6 Å². The van der Waals surface area contributed by atoms with Crippen molar-refractivity contribution >= 4 is 23.5 Å². The first-order chi connectivity index (χ1) is 15.1. The van der Waals surface area contributed by atoms with Gasteiger partial charge in [-0.15, -0.1) is 0 Å². The molecule has 0 spiro atoms. The van der Waals surface area contributed by atoms with Crippen LogP contribution in [0.1, 0.15) is 32.6 Å². The van der Waals surface area contributed by atoms with Crippen LogP contribution in [0.3, 0.4) is 0 Å². The second-order valence-corrected chi connectivity index (χ2v) is 7.86. The van der Waals surface area contributed by atoms with E-state index in [-0.39, 0.29) is 18.3 Å². The van der Waals surface area contributed by atoms with E-state index in [1.165, 1.54) is 0 Å². The van der Waals surface area contributed by atoms with Crippen LogP contribution in [0.25, 0.3) is 6.08 Å². The Morgan fingerprint density at radius 1 is 1.13 bits per heavy atom. The normalized spacial score (nSPS) is 15.8. The zero-order valence-electron chi connectivity index (χ0n) is 16.8. The number of halogens is 1. The van der Waals surface area contributed by atoms with Crippen molar-refractivity contribution in [3.8, 4) is 17.2 Å². The summed E-state index contributed by atoms with van der Waals surface area (Å²) in [6, 6.07) is 17.1. The predicted molar refractivity (Wildman–Crippen MR) is 117 cm³/mol. The lowest BCUT2D eigenvalue weighted by atomic mass is 10.0. The number of fused-ring (bicyclic) bond motifs is 2. The summed E-state index contributed by atoms with van der Waals surface area (Å²) in [5, 5.41) is 0.537. The lowest BCUT2D eigenvalue weighted by Gasteiger charge is -2.20. The Labute approximate surface area is 184 Å². The van der Waals surface area contributed by atoms with Crippen LogP contribution in [0.2, 0.25) is 5.02 Å². The zero-order valence-corrected chi connectivity index (χ0v) is 17.6. The lowest BCUT2D eigenvalue weighted by molar-refractivity contribution is -0.0165. The number of ether oxygens (including phenoxy) is 4. The maximum atomic E-state index is 13.0. The minimum Gasteiger partial charge on any atom is -0.489 e. The molecule has 0 saturated heterocycles. The number of ketones is 1. The predicted octanol–water partition coefficient (Wildman–Crippen LogP) is 5.71. The largest absolute Gasteiger partial charge is 0.489 e. The summed E-state index contributed by atoms with van der Waals surface area (Å²) in [5.74, 6) is 1.83. The number of Topliss-reactive ketones (excluding diaryl/α,β-unsaturated/α-hetero) is 1. The molecular formula is C25H19ClO5. The van der Waals surface area contributed by atoms with Crippen LogP contribution in [-0.2, 0) is 18.0 Å². The van der Waals surface area contributed by atoms with Crippen molar-refractivity contribution in [1.29, 1.82) is 0 Å². The Morgan fingerprint density at radius 2 is 1.97 bits per heavy atom. The highest BCUT2D eigenvalue weighted by molar-refractivity contribution is 6.31. The third-order valence-electron chi connectivity index (χ3n) is 5.18. The third-order valence-corrected chi connectivity index (χ3v) is 5.40. The molecule has 0 radical (unpaired) electrons. The van der Waals surface area contributed by atoms with Crippen LogP contribution >= 0.6 is 11.6 Å². The molecule has 0 unspecified atom stereocenters. The van der Waals surface area contributed by atoms with Crippen molar-refractivity contribution in [2.75, 3.05) is 6.79 Å². The van der Waals surface area contributed by atoms with Crippen LogP contribution in [-0.4, -0.2) is 12.6 Å². The van der Waals surface area contributed by atoms with Crippen LogP contribution in [0.15, 0.2) is 60.4 Å². The minimum atomic E-state index is -0.178. The molecule has 5 nitrogen and oxygen atoms in total. The molecule has 3 aromatic rings. The summed E-state index contributed by atoms with van der Waals surface area (Å²) < 4.78 is 22.8. The SMILES string of the molecule is Cc1cc(OCc2ccccc2)cc2c1C(=O)/C(=C/c1cc(Cl)cc3c1OCOC3)O2. The van der Waals surface area contributed by atoms with E-state index >= 15 is 0 Å². The summed E-state index contributed by atoms with van der Waals surface area (Å²) in [6.45, 7) is 2.87. The van der Waals surface area contributed by atoms with Crippen molar-refractivity contribution in [2.24, 2.45) is 0 Å². The van der Waals surface area contributed by atoms with E-state index in [4.69, 9.17) is 30.5 Å². The maximum Gasteiger partial charge on any atom is 0.232 e. The molecule has 0 N–H and O–H groups in total. The molecule has 0 saturated carbocycles. The van der Waals surface area contributed by atoms with Gasteiger partial charge in [0, 0.05) is 22.2 Å². The summed E-state index contributed by atoms with van der Waals surface area (Å²) in [7, 11) is 0. The first kappa shape index (κ1) is 19.7. The average molecular weight is 435 g/mol. The van der Waals surface area contributed by atoms with Crippen molar-refractivity contribution in [1.82, 2.24) is 0 Å². The Bertz CT molecular complexity index is 1200. The highest BCUT2D eigenvalue weighted by atomic mass is 35.5. The van der Waals surface area contributed by atoms with Gasteiger partial charge in [0.1, 0.15) is 23.9 Å². The summed E-state index contributed by atoms with van der Waals surface area (Å²) in [5.41, 5.74) is 3.92. The van der Waals surface area contributed by atoms with Gasteiger partial charge in [-0.3, -0.25) is 4.79 Å². The first-order valence-electron chi connectivity index (χ1n) is 9.87. The Balaban J connectivity index is 1.44. The smallest absolute Gasteiger partial charge is 0.232 e. The Kier molecular flexibility index (Phi) is 5.14. The second-order valence-electron chi connectivity index (χ2n) is 7.42. The number of benzene rings is 3. The second kappa shape index (κ2) is 8.10. The van der Waals surface area contributed by atoms with Crippen molar-refractivity contribution in [2.45, 2.75) is 20.1 Å². The molecule has 0 atom stereocenters. The number of carbonyl (C=O) groups is 1. The van der Waals surface area contributed by atoms with E-state index in [0.717, 1.165) is 16.7 Å². The van der Waals surface area contributed by atoms with Crippen molar-refractivity contribution in [3.05, 3.63) is 93.2 Å². The van der Waals surface area contributed by atoms with Crippen LogP contribution in [0.5, 0.6) is 17.2 Å². The van der Waals surface area contributed by atoms with Gasteiger partial charge in [0.25, 0.3) is 0 Å². The monoisotopic (exact) mass is 434 g/mol.